The molecule has 1 N–H and O–H groups in total. The monoisotopic (exact) mass is 340 g/mol. The summed E-state index contributed by atoms with van der Waals surface area (Å²) in [4.78, 5) is 14.0. The largest absolute Gasteiger partial charge is 0.496 e. The van der Waals surface area contributed by atoms with Crippen LogP contribution in [-0.4, -0.2) is 46.0 Å². The summed E-state index contributed by atoms with van der Waals surface area (Å²) in [6, 6.07) is 4.62. The molecule has 1 aromatic carbocycles. The summed E-state index contributed by atoms with van der Waals surface area (Å²) in [5.74, 6) is 0.918. The van der Waals surface area contributed by atoms with E-state index in [9.17, 15) is 13.2 Å². The minimum Gasteiger partial charge on any atom is -0.496 e. The van der Waals surface area contributed by atoms with Crippen molar-refractivity contribution in [2.24, 2.45) is 5.92 Å². The zero-order valence-corrected chi connectivity index (χ0v) is 14.6. The number of rotatable bonds is 5. The average molecular weight is 340 g/mol. The van der Waals surface area contributed by atoms with E-state index in [0.717, 1.165) is 18.4 Å². The van der Waals surface area contributed by atoms with E-state index < -0.39 is 10.0 Å². The maximum absolute atomic E-state index is 12.3. The van der Waals surface area contributed by atoms with Gasteiger partial charge in [-0.25, -0.2) is 13.1 Å². The number of carbonyl (C=O) groups is 1. The van der Waals surface area contributed by atoms with Crippen LogP contribution in [0.15, 0.2) is 23.1 Å². The van der Waals surface area contributed by atoms with Gasteiger partial charge in [-0.2, -0.15) is 0 Å². The van der Waals surface area contributed by atoms with Gasteiger partial charge in [-0.1, -0.05) is 6.92 Å². The van der Waals surface area contributed by atoms with Crippen molar-refractivity contribution in [3.8, 4) is 5.75 Å². The number of piperidine rings is 1. The van der Waals surface area contributed by atoms with Gasteiger partial charge in [0.25, 0.3) is 0 Å². The fourth-order valence-electron chi connectivity index (χ4n) is 2.79. The van der Waals surface area contributed by atoms with E-state index in [1.165, 1.54) is 19.2 Å². The number of nitrogens with zero attached hydrogens (tertiary/aromatic N) is 1. The van der Waals surface area contributed by atoms with Gasteiger partial charge in [0.15, 0.2) is 0 Å². The van der Waals surface area contributed by atoms with Gasteiger partial charge >= 0.3 is 0 Å². The molecule has 1 amide bonds. The van der Waals surface area contributed by atoms with Crippen LogP contribution in [0.5, 0.6) is 5.75 Å². The second-order valence-electron chi connectivity index (χ2n) is 6.04. The van der Waals surface area contributed by atoms with Gasteiger partial charge in [-0.3, -0.25) is 4.79 Å². The van der Waals surface area contributed by atoms with E-state index in [0.29, 0.717) is 24.8 Å². The molecule has 0 bridgehead atoms. The standard InChI is InChI=1S/C16H24N2O4S/c1-12-5-4-8-18(11-12)16(19)10-17-23(20,21)14-6-7-15(22-3)13(2)9-14/h6-7,9,12,17H,4-5,8,10-11H2,1-3H3. The molecule has 0 spiro atoms. The van der Waals surface area contributed by atoms with E-state index in [-0.39, 0.29) is 17.3 Å². The molecule has 1 aliphatic heterocycles. The Balaban J connectivity index is 2.01. The van der Waals surface area contributed by atoms with Gasteiger partial charge in [-0.05, 0) is 49.4 Å². The zero-order valence-electron chi connectivity index (χ0n) is 13.8. The minimum atomic E-state index is -3.71. The van der Waals surface area contributed by atoms with Crippen molar-refractivity contribution in [1.82, 2.24) is 9.62 Å². The molecule has 6 nitrogen and oxygen atoms in total. The molecule has 1 fully saturated rings. The quantitative estimate of drug-likeness (QED) is 0.882. The molecule has 1 aliphatic rings. The van der Waals surface area contributed by atoms with E-state index in [2.05, 4.69) is 11.6 Å². The molecular formula is C16H24N2O4S. The Morgan fingerprint density at radius 1 is 1.43 bits per heavy atom. The highest BCUT2D eigenvalue weighted by molar-refractivity contribution is 7.89. The maximum atomic E-state index is 12.3. The lowest BCUT2D eigenvalue weighted by atomic mass is 10.0. The van der Waals surface area contributed by atoms with Crippen LogP contribution >= 0.6 is 0 Å². The molecular weight excluding hydrogens is 316 g/mol. The Kier molecular flexibility index (Phi) is 5.64. The third-order valence-electron chi connectivity index (χ3n) is 4.10. The van der Waals surface area contributed by atoms with Crippen LogP contribution in [0.1, 0.15) is 25.3 Å². The Labute approximate surface area is 137 Å². The van der Waals surface area contributed by atoms with Crippen LogP contribution < -0.4 is 9.46 Å². The summed E-state index contributed by atoms with van der Waals surface area (Å²) >= 11 is 0. The number of aryl methyl sites for hydroxylation is 1. The summed E-state index contributed by atoms with van der Waals surface area (Å²) < 4.78 is 32.1. The highest BCUT2D eigenvalue weighted by Crippen LogP contribution is 2.21. The Hall–Kier alpha value is -1.60. The molecule has 1 saturated heterocycles. The van der Waals surface area contributed by atoms with E-state index >= 15 is 0 Å². The van der Waals surface area contributed by atoms with Crippen LogP contribution in [0.2, 0.25) is 0 Å². The number of nitrogens with one attached hydrogen (secondary N) is 1. The molecule has 23 heavy (non-hydrogen) atoms. The predicted molar refractivity (Wildman–Crippen MR) is 87.9 cm³/mol. The van der Waals surface area contributed by atoms with E-state index in [1.54, 1.807) is 17.9 Å². The molecule has 0 radical (unpaired) electrons. The highest BCUT2D eigenvalue weighted by Gasteiger charge is 2.23. The van der Waals surface area contributed by atoms with Gasteiger partial charge in [0.1, 0.15) is 5.75 Å². The van der Waals surface area contributed by atoms with Crippen LogP contribution in [-0.2, 0) is 14.8 Å². The van der Waals surface area contributed by atoms with Crippen molar-refractivity contribution in [1.29, 1.82) is 0 Å². The number of sulfonamides is 1. The summed E-state index contributed by atoms with van der Waals surface area (Å²) in [6.07, 6.45) is 2.08. The smallest absolute Gasteiger partial charge is 0.241 e. The second kappa shape index (κ2) is 7.31. The second-order valence-corrected chi connectivity index (χ2v) is 7.81. The Morgan fingerprint density at radius 3 is 2.78 bits per heavy atom. The van der Waals surface area contributed by atoms with E-state index in [4.69, 9.17) is 4.74 Å². The summed E-state index contributed by atoms with van der Waals surface area (Å²) in [6.45, 7) is 5.07. The van der Waals surface area contributed by atoms with Crippen molar-refractivity contribution in [2.75, 3.05) is 26.7 Å². The lowest BCUT2D eigenvalue weighted by molar-refractivity contribution is -0.131. The Bertz CT molecular complexity index is 673. The molecule has 1 unspecified atom stereocenters. The summed E-state index contributed by atoms with van der Waals surface area (Å²) in [5, 5.41) is 0. The fourth-order valence-corrected chi connectivity index (χ4v) is 3.85. The minimum absolute atomic E-state index is 0.135. The van der Waals surface area contributed by atoms with Gasteiger partial charge in [-0.15, -0.1) is 0 Å². The number of ether oxygens (including phenoxy) is 1. The molecule has 1 heterocycles. The van der Waals surface area contributed by atoms with Gasteiger partial charge < -0.3 is 9.64 Å². The first-order valence-corrected chi connectivity index (χ1v) is 9.24. The topological polar surface area (TPSA) is 75.7 Å². The molecule has 7 heteroatoms. The first-order chi connectivity index (χ1) is 10.8. The third kappa shape index (κ3) is 4.45. The zero-order chi connectivity index (χ0) is 17.0. The lowest BCUT2D eigenvalue weighted by Gasteiger charge is -2.31. The molecule has 0 saturated carbocycles. The fraction of sp³-hybridized carbons (Fsp3) is 0.562. The van der Waals surface area contributed by atoms with Gasteiger partial charge in [0.05, 0.1) is 18.6 Å². The number of carbonyl (C=O) groups excluding carboxylic acids is 1. The first kappa shape index (κ1) is 17.7. The van der Waals surface area contributed by atoms with Crippen LogP contribution in [0.3, 0.4) is 0 Å². The molecule has 1 aromatic rings. The molecule has 0 aliphatic carbocycles. The highest BCUT2D eigenvalue weighted by atomic mass is 32.2. The third-order valence-corrected chi connectivity index (χ3v) is 5.50. The molecule has 1 atom stereocenters. The van der Waals surface area contributed by atoms with Crippen molar-refractivity contribution in [2.45, 2.75) is 31.6 Å². The van der Waals surface area contributed by atoms with E-state index in [1.807, 2.05) is 0 Å². The summed E-state index contributed by atoms with van der Waals surface area (Å²) in [7, 11) is -2.17. The van der Waals surface area contributed by atoms with Crippen molar-refractivity contribution in [3.05, 3.63) is 23.8 Å². The molecule has 0 aromatic heterocycles. The molecule has 2 rings (SSSR count). The van der Waals surface area contributed by atoms with Crippen molar-refractivity contribution in [3.63, 3.8) is 0 Å². The first-order valence-electron chi connectivity index (χ1n) is 7.75. The van der Waals surface area contributed by atoms with Crippen LogP contribution in [0.25, 0.3) is 0 Å². The number of methoxy groups -OCH3 is 1. The number of amides is 1. The van der Waals surface area contributed by atoms with Gasteiger partial charge in [0, 0.05) is 13.1 Å². The maximum Gasteiger partial charge on any atom is 0.241 e. The van der Waals surface area contributed by atoms with Crippen LogP contribution in [0.4, 0.5) is 0 Å². The number of hydrogen-bond donors (Lipinski definition) is 1. The number of hydrogen-bond acceptors (Lipinski definition) is 4. The van der Waals surface area contributed by atoms with Crippen molar-refractivity contribution < 1.29 is 17.9 Å². The average Bonchev–Trinajstić information content (AvgIpc) is 2.52. The lowest BCUT2D eigenvalue weighted by Crippen LogP contribution is -2.44. The summed E-state index contributed by atoms with van der Waals surface area (Å²) in [5.41, 5.74) is 0.728. The van der Waals surface area contributed by atoms with Gasteiger partial charge in [0.2, 0.25) is 15.9 Å². The predicted octanol–water partition coefficient (Wildman–Crippen LogP) is 1.54. The molecule has 128 valence electrons. The Morgan fingerprint density at radius 2 is 2.17 bits per heavy atom. The van der Waals surface area contributed by atoms with Crippen LogP contribution in [0, 0.1) is 12.8 Å². The van der Waals surface area contributed by atoms with Crippen molar-refractivity contribution >= 4 is 15.9 Å². The number of likely N-dealkylation sites (tertiary alicyclic amines) is 1. The normalized spacial score (nSPS) is 18.7. The number of benzene rings is 1. The SMILES string of the molecule is COc1ccc(S(=O)(=O)NCC(=O)N2CCCC(C)C2)cc1C.